The van der Waals surface area contributed by atoms with Gasteiger partial charge in [-0.25, -0.2) is 0 Å². The highest BCUT2D eigenvalue weighted by Crippen LogP contribution is 2.15. The first-order chi connectivity index (χ1) is 9.17. The van der Waals surface area contributed by atoms with Crippen molar-refractivity contribution in [3.63, 3.8) is 0 Å². The van der Waals surface area contributed by atoms with Gasteiger partial charge < -0.3 is 20.5 Å². The molecule has 0 fully saturated rings. The van der Waals surface area contributed by atoms with Crippen LogP contribution in [0.1, 0.15) is 12.5 Å². The molecule has 1 aromatic carbocycles. The van der Waals surface area contributed by atoms with Crippen molar-refractivity contribution in [1.82, 2.24) is 5.32 Å². The lowest BCUT2D eigenvalue weighted by Crippen LogP contribution is -2.37. The maximum atomic E-state index is 11.7. The lowest BCUT2D eigenvalue weighted by molar-refractivity contribution is -0.127. The summed E-state index contributed by atoms with van der Waals surface area (Å²) in [6, 6.07) is 7.63. The standard InChI is InChI=1S/C14H22N2O3/c1-11(14(17)16-8-9-18-2)19-13-5-3-4-12(10-13)6-7-15/h3-5,10-11H,6-9,15H2,1-2H3,(H,16,17). The Morgan fingerprint density at radius 1 is 1.47 bits per heavy atom. The Balaban J connectivity index is 2.48. The Kier molecular flexibility index (Phi) is 6.92. The molecular weight excluding hydrogens is 244 g/mol. The lowest BCUT2D eigenvalue weighted by Gasteiger charge is -2.15. The van der Waals surface area contributed by atoms with Crippen LogP contribution in [0.4, 0.5) is 0 Å². The minimum atomic E-state index is -0.537. The summed E-state index contributed by atoms with van der Waals surface area (Å²) in [4.78, 5) is 11.7. The van der Waals surface area contributed by atoms with E-state index in [1.807, 2.05) is 24.3 Å². The number of nitrogens with two attached hydrogens (primary N) is 1. The molecule has 0 radical (unpaired) electrons. The van der Waals surface area contributed by atoms with E-state index in [0.717, 1.165) is 12.0 Å². The Bertz CT molecular complexity index is 396. The molecule has 3 N–H and O–H groups in total. The minimum Gasteiger partial charge on any atom is -0.481 e. The Morgan fingerprint density at radius 3 is 2.95 bits per heavy atom. The number of hydrogen-bond acceptors (Lipinski definition) is 4. The number of amides is 1. The second kappa shape index (κ2) is 8.50. The molecule has 0 aliphatic heterocycles. The Labute approximate surface area is 114 Å². The quantitative estimate of drug-likeness (QED) is 0.680. The second-order valence-corrected chi connectivity index (χ2v) is 4.23. The molecule has 1 atom stereocenters. The summed E-state index contributed by atoms with van der Waals surface area (Å²) in [7, 11) is 1.59. The van der Waals surface area contributed by atoms with Crippen molar-refractivity contribution in [2.45, 2.75) is 19.4 Å². The monoisotopic (exact) mass is 266 g/mol. The maximum Gasteiger partial charge on any atom is 0.260 e. The normalized spacial score (nSPS) is 11.9. The molecule has 0 aliphatic carbocycles. The third kappa shape index (κ3) is 5.72. The van der Waals surface area contributed by atoms with E-state index in [9.17, 15) is 4.79 Å². The summed E-state index contributed by atoms with van der Waals surface area (Å²) in [6.45, 7) is 3.29. The van der Waals surface area contributed by atoms with E-state index < -0.39 is 6.10 Å². The molecule has 0 bridgehead atoms. The zero-order valence-electron chi connectivity index (χ0n) is 11.5. The van der Waals surface area contributed by atoms with Gasteiger partial charge in [-0.1, -0.05) is 12.1 Å². The number of methoxy groups -OCH3 is 1. The number of benzene rings is 1. The molecule has 1 amide bonds. The number of nitrogens with one attached hydrogen (secondary N) is 1. The highest BCUT2D eigenvalue weighted by Gasteiger charge is 2.13. The lowest BCUT2D eigenvalue weighted by atomic mass is 10.1. The van der Waals surface area contributed by atoms with Crippen LogP contribution in [-0.2, 0) is 16.0 Å². The molecule has 1 rings (SSSR count). The van der Waals surface area contributed by atoms with Gasteiger partial charge in [-0.3, -0.25) is 4.79 Å². The zero-order chi connectivity index (χ0) is 14.1. The van der Waals surface area contributed by atoms with Crippen LogP contribution in [0.3, 0.4) is 0 Å². The van der Waals surface area contributed by atoms with Gasteiger partial charge in [0.2, 0.25) is 0 Å². The first kappa shape index (κ1) is 15.5. The highest BCUT2D eigenvalue weighted by molar-refractivity contribution is 5.80. The van der Waals surface area contributed by atoms with Crippen molar-refractivity contribution in [2.75, 3.05) is 26.8 Å². The van der Waals surface area contributed by atoms with Crippen molar-refractivity contribution >= 4 is 5.91 Å². The summed E-state index contributed by atoms with van der Waals surface area (Å²) >= 11 is 0. The van der Waals surface area contributed by atoms with Gasteiger partial charge in [0, 0.05) is 13.7 Å². The highest BCUT2D eigenvalue weighted by atomic mass is 16.5. The summed E-state index contributed by atoms with van der Waals surface area (Å²) in [5.41, 5.74) is 6.62. The molecule has 5 heteroatoms. The van der Waals surface area contributed by atoms with E-state index in [0.29, 0.717) is 25.4 Å². The van der Waals surface area contributed by atoms with Gasteiger partial charge in [0.1, 0.15) is 5.75 Å². The third-order valence-electron chi connectivity index (χ3n) is 2.62. The molecule has 0 aromatic heterocycles. The van der Waals surface area contributed by atoms with Crippen molar-refractivity contribution in [2.24, 2.45) is 5.73 Å². The van der Waals surface area contributed by atoms with E-state index in [1.54, 1.807) is 14.0 Å². The van der Waals surface area contributed by atoms with Gasteiger partial charge >= 0.3 is 0 Å². The number of carbonyl (C=O) groups is 1. The van der Waals surface area contributed by atoms with Crippen LogP contribution >= 0.6 is 0 Å². The molecule has 1 aromatic rings. The summed E-state index contributed by atoms with van der Waals surface area (Å²) in [6.07, 6.45) is 0.260. The first-order valence-electron chi connectivity index (χ1n) is 6.39. The Morgan fingerprint density at radius 2 is 2.26 bits per heavy atom. The van der Waals surface area contributed by atoms with E-state index in [2.05, 4.69) is 5.32 Å². The molecular formula is C14H22N2O3. The van der Waals surface area contributed by atoms with Crippen LogP contribution in [0.2, 0.25) is 0 Å². The van der Waals surface area contributed by atoms with Gasteiger partial charge in [-0.2, -0.15) is 0 Å². The van der Waals surface area contributed by atoms with Gasteiger partial charge in [0.15, 0.2) is 6.10 Å². The van der Waals surface area contributed by atoms with Crippen molar-refractivity contribution in [3.05, 3.63) is 29.8 Å². The molecule has 1 unspecified atom stereocenters. The molecule has 5 nitrogen and oxygen atoms in total. The third-order valence-corrected chi connectivity index (χ3v) is 2.62. The molecule has 19 heavy (non-hydrogen) atoms. The van der Waals surface area contributed by atoms with E-state index in [-0.39, 0.29) is 5.91 Å². The molecule has 0 heterocycles. The van der Waals surface area contributed by atoms with Crippen molar-refractivity contribution in [1.29, 1.82) is 0 Å². The fraction of sp³-hybridized carbons (Fsp3) is 0.500. The molecule has 106 valence electrons. The average Bonchev–Trinajstić information content (AvgIpc) is 2.39. The van der Waals surface area contributed by atoms with Gasteiger partial charge in [-0.05, 0) is 37.6 Å². The van der Waals surface area contributed by atoms with Crippen LogP contribution in [0.25, 0.3) is 0 Å². The maximum absolute atomic E-state index is 11.7. The minimum absolute atomic E-state index is 0.152. The SMILES string of the molecule is COCCNC(=O)C(C)Oc1cccc(CCN)c1. The summed E-state index contributed by atoms with van der Waals surface area (Å²) in [5.74, 6) is 0.529. The summed E-state index contributed by atoms with van der Waals surface area (Å²) in [5, 5.41) is 2.73. The fourth-order valence-corrected chi connectivity index (χ4v) is 1.62. The number of hydrogen-bond donors (Lipinski definition) is 2. The predicted octanol–water partition coefficient (Wildman–Crippen LogP) is 0.718. The van der Waals surface area contributed by atoms with Gasteiger partial charge in [-0.15, -0.1) is 0 Å². The fourth-order valence-electron chi connectivity index (χ4n) is 1.62. The van der Waals surface area contributed by atoms with Crippen LogP contribution in [-0.4, -0.2) is 38.8 Å². The zero-order valence-corrected chi connectivity index (χ0v) is 11.5. The summed E-state index contributed by atoms with van der Waals surface area (Å²) < 4.78 is 10.5. The molecule has 0 spiro atoms. The van der Waals surface area contributed by atoms with E-state index in [1.165, 1.54) is 0 Å². The smallest absolute Gasteiger partial charge is 0.260 e. The van der Waals surface area contributed by atoms with Crippen LogP contribution in [0.15, 0.2) is 24.3 Å². The van der Waals surface area contributed by atoms with E-state index in [4.69, 9.17) is 15.2 Å². The largest absolute Gasteiger partial charge is 0.481 e. The van der Waals surface area contributed by atoms with Crippen LogP contribution in [0, 0.1) is 0 Å². The van der Waals surface area contributed by atoms with Crippen LogP contribution in [0.5, 0.6) is 5.75 Å². The topological polar surface area (TPSA) is 73.6 Å². The van der Waals surface area contributed by atoms with Gasteiger partial charge in [0.25, 0.3) is 5.91 Å². The predicted molar refractivity (Wildman–Crippen MR) is 74.2 cm³/mol. The molecule has 0 saturated carbocycles. The first-order valence-corrected chi connectivity index (χ1v) is 6.39. The second-order valence-electron chi connectivity index (χ2n) is 4.23. The Hall–Kier alpha value is -1.59. The van der Waals surface area contributed by atoms with E-state index >= 15 is 0 Å². The number of carbonyl (C=O) groups excluding carboxylic acids is 1. The number of ether oxygens (including phenoxy) is 2. The molecule has 0 saturated heterocycles. The van der Waals surface area contributed by atoms with Crippen molar-refractivity contribution < 1.29 is 14.3 Å². The van der Waals surface area contributed by atoms with Crippen LogP contribution < -0.4 is 15.8 Å². The van der Waals surface area contributed by atoms with Crippen molar-refractivity contribution in [3.8, 4) is 5.75 Å². The molecule has 0 aliphatic rings. The van der Waals surface area contributed by atoms with Gasteiger partial charge in [0.05, 0.1) is 6.61 Å². The average molecular weight is 266 g/mol. The number of rotatable bonds is 8.